The van der Waals surface area contributed by atoms with E-state index in [2.05, 4.69) is 41.2 Å². The number of aromatic nitrogens is 1. The number of benzene rings is 2. The van der Waals surface area contributed by atoms with Crippen molar-refractivity contribution in [2.24, 2.45) is 0 Å². The summed E-state index contributed by atoms with van der Waals surface area (Å²) in [6.07, 6.45) is 0. The molecule has 0 aliphatic carbocycles. The maximum Gasteiger partial charge on any atom is 0.276 e. The molecule has 0 unspecified atom stereocenters. The number of para-hydroxylation sites is 1. The number of carbonyl (C=O) groups excluding carboxylic acids is 1. The predicted molar refractivity (Wildman–Crippen MR) is 119 cm³/mol. The second-order valence-electron chi connectivity index (χ2n) is 7.78. The molecule has 1 aliphatic rings. The lowest BCUT2D eigenvalue weighted by Gasteiger charge is -2.34. The Kier molecular flexibility index (Phi) is 6.59. The van der Waals surface area contributed by atoms with Crippen molar-refractivity contribution in [3.63, 3.8) is 0 Å². The van der Waals surface area contributed by atoms with Crippen molar-refractivity contribution in [2.75, 3.05) is 26.2 Å². The number of hydrogen-bond acceptors (Lipinski definition) is 5. The maximum absolute atomic E-state index is 13.1. The highest BCUT2D eigenvalue weighted by molar-refractivity contribution is 6.32. The van der Waals surface area contributed by atoms with Crippen molar-refractivity contribution in [1.29, 1.82) is 0 Å². The number of rotatable bonds is 6. The van der Waals surface area contributed by atoms with Crippen LogP contribution in [0.25, 0.3) is 0 Å². The monoisotopic (exact) mass is 439 g/mol. The Morgan fingerprint density at radius 3 is 2.52 bits per heavy atom. The maximum atomic E-state index is 13.1. The Labute approximate surface area is 187 Å². The van der Waals surface area contributed by atoms with E-state index in [4.69, 9.17) is 20.9 Å². The Balaban J connectivity index is 1.38. The molecule has 7 heteroatoms. The van der Waals surface area contributed by atoms with Crippen molar-refractivity contribution in [3.8, 4) is 5.75 Å². The topological polar surface area (TPSA) is 58.8 Å². The minimum absolute atomic E-state index is 0.120. The first kappa shape index (κ1) is 21.4. The van der Waals surface area contributed by atoms with Gasteiger partial charge in [-0.3, -0.25) is 9.69 Å². The molecule has 0 N–H and O–H groups in total. The molecule has 3 aromatic rings. The summed E-state index contributed by atoms with van der Waals surface area (Å²) in [6.45, 7) is 7.94. The Hall–Kier alpha value is -2.83. The molecule has 1 amide bonds. The smallest absolute Gasteiger partial charge is 0.276 e. The normalized spacial score (nSPS) is 14.6. The van der Waals surface area contributed by atoms with E-state index in [0.717, 1.165) is 19.6 Å². The molecule has 0 atom stereocenters. The van der Waals surface area contributed by atoms with Crippen molar-refractivity contribution >= 4 is 17.5 Å². The SMILES string of the molecule is Cc1ccccc1CN1CCN(C(=O)c2noc(C)c2COc2ccccc2Cl)CC1. The van der Waals surface area contributed by atoms with Gasteiger partial charge >= 0.3 is 0 Å². The second-order valence-corrected chi connectivity index (χ2v) is 8.19. The number of hydrogen-bond donors (Lipinski definition) is 0. The van der Waals surface area contributed by atoms with E-state index in [0.29, 0.717) is 40.9 Å². The molecule has 1 aromatic heterocycles. The van der Waals surface area contributed by atoms with Crippen LogP contribution >= 0.6 is 11.6 Å². The first-order valence-corrected chi connectivity index (χ1v) is 10.8. The van der Waals surface area contributed by atoms with Gasteiger partial charge in [0.1, 0.15) is 18.1 Å². The van der Waals surface area contributed by atoms with Crippen LogP contribution in [0.2, 0.25) is 5.02 Å². The van der Waals surface area contributed by atoms with Crippen LogP contribution in [0.5, 0.6) is 5.75 Å². The summed E-state index contributed by atoms with van der Waals surface area (Å²) in [5.74, 6) is 1.02. The number of halogens is 1. The van der Waals surface area contributed by atoms with Gasteiger partial charge in [0.15, 0.2) is 5.69 Å². The zero-order valence-electron chi connectivity index (χ0n) is 17.8. The average Bonchev–Trinajstić information content (AvgIpc) is 3.15. The number of aryl methyl sites for hydroxylation is 2. The number of amides is 1. The first-order valence-electron chi connectivity index (χ1n) is 10.4. The van der Waals surface area contributed by atoms with Crippen LogP contribution in [-0.4, -0.2) is 47.0 Å². The van der Waals surface area contributed by atoms with Crippen molar-refractivity contribution in [2.45, 2.75) is 27.0 Å². The summed E-state index contributed by atoms with van der Waals surface area (Å²) >= 11 is 6.17. The summed E-state index contributed by atoms with van der Waals surface area (Å²) in [7, 11) is 0. The van der Waals surface area contributed by atoms with Gasteiger partial charge in [-0.1, -0.05) is 53.2 Å². The zero-order valence-corrected chi connectivity index (χ0v) is 18.6. The number of nitrogens with zero attached hydrogens (tertiary/aromatic N) is 3. The summed E-state index contributed by atoms with van der Waals surface area (Å²) in [5.41, 5.74) is 3.60. The van der Waals surface area contributed by atoms with Crippen LogP contribution < -0.4 is 4.74 Å². The lowest BCUT2D eigenvalue weighted by atomic mass is 10.1. The minimum Gasteiger partial charge on any atom is -0.487 e. The van der Waals surface area contributed by atoms with E-state index < -0.39 is 0 Å². The molecular weight excluding hydrogens is 414 g/mol. The zero-order chi connectivity index (χ0) is 21.8. The van der Waals surface area contributed by atoms with E-state index in [1.807, 2.05) is 17.0 Å². The van der Waals surface area contributed by atoms with Gasteiger partial charge in [0.2, 0.25) is 0 Å². The van der Waals surface area contributed by atoms with Crippen molar-refractivity contribution < 1.29 is 14.1 Å². The third-order valence-electron chi connectivity index (χ3n) is 5.71. The van der Waals surface area contributed by atoms with Gasteiger partial charge in [0.05, 0.1) is 10.6 Å². The molecule has 2 heterocycles. The van der Waals surface area contributed by atoms with E-state index in [9.17, 15) is 4.79 Å². The van der Waals surface area contributed by atoms with E-state index in [-0.39, 0.29) is 12.5 Å². The highest BCUT2D eigenvalue weighted by atomic mass is 35.5. The highest BCUT2D eigenvalue weighted by Gasteiger charge is 2.28. The number of ether oxygens (including phenoxy) is 1. The Morgan fingerprint density at radius 2 is 1.77 bits per heavy atom. The number of piperazine rings is 1. The third-order valence-corrected chi connectivity index (χ3v) is 6.02. The van der Waals surface area contributed by atoms with Gasteiger partial charge in [-0.2, -0.15) is 0 Å². The van der Waals surface area contributed by atoms with Gasteiger partial charge < -0.3 is 14.2 Å². The fraction of sp³-hybridized carbons (Fsp3) is 0.333. The van der Waals surface area contributed by atoms with Crippen LogP contribution in [0.4, 0.5) is 0 Å². The van der Waals surface area contributed by atoms with Gasteiger partial charge in [-0.25, -0.2) is 0 Å². The molecular formula is C24H26ClN3O3. The summed E-state index contributed by atoms with van der Waals surface area (Å²) < 4.78 is 11.1. The van der Waals surface area contributed by atoms with E-state index in [1.165, 1.54) is 11.1 Å². The molecule has 0 spiro atoms. The second kappa shape index (κ2) is 9.54. The van der Waals surface area contributed by atoms with Crippen LogP contribution in [0.15, 0.2) is 53.1 Å². The largest absolute Gasteiger partial charge is 0.487 e. The van der Waals surface area contributed by atoms with Gasteiger partial charge in [0.25, 0.3) is 5.91 Å². The molecule has 0 saturated carbocycles. The average molecular weight is 440 g/mol. The lowest BCUT2D eigenvalue weighted by Crippen LogP contribution is -2.48. The van der Waals surface area contributed by atoms with Crippen LogP contribution in [-0.2, 0) is 13.2 Å². The van der Waals surface area contributed by atoms with Gasteiger partial charge in [0, 0.05) is 32.7 Å². The molecule has 1 aliphatic heterocycles. The van der Waals surface area contributed by atoms with E-state index >= 15 is 0 Å². The lowest BCUT2D eigenvalue weighted by molar-refractivity contribution is 0.0616. The van der Waals surface area contributed by atoms with Crippen molar-refractivity contribution in [1.82, 2.24) is 15.0 Å². The molecule has 1 saturated heterocycles. The van der Waals surface area contributed by atoms with Crippen molar-refractivity contribution in [3.05, 3.63) is 81.7 Å². The third kappa shape index (κ3) is 4.92. The fourth-order valence-electron chi connectivity index (χ4n) is 3.73. The van der Waals surface area contributed by atoms with Gasteiger partial charge in [-0.15, -0.1) is 0 Å². The molecule has 0 radical (unpaired) electrons. The molecule has 1 fully saturated rings. The predicted octanol–water partition coefficient (Wildman–Crippen LogP) is 4.48. The molecule has 2 aromatic carbocycles. The highest BCUT2D eigenvalue weighted by Crippen LogP contribution is 2.26. The van der Waals surface area contributed by atoms with Crippen LogP contribution in [0.1, 0.15) is 32.9 Å². The van der Waals surface area contributed by atoms with Gasteiger partial charge in [-0.05, 0) is 37.1 Å². The number of carbonyl (C=O) groups is 1. The Morgan fingerprint density at radius 1 is 1.06 bits per heavy atom. The Bertz CT molecular complexity index is 1060. The van der Waals surface area contributed by atoms with Crippen LogP contribution in [0, 0.1) is 13.8 Å². The van der Waals surface area contributed by atoms with Crippen LogP contribution in [0.3, 0.4) is 0 Å². The molecule has 4 rings (SSSR count). The summed E-state index contributed by atoms with van der Waals surface area (Å²) in [4.78, 5) is 17.3. The summed E-state index contributed by atoms with van der Waals surface area (Å²) in [6, 6.07) is 15.7. The molecule has 6 nitrogen and oxygen atoms in total. The standard InChI is InChI=1S/C24H26ClN3O3/c1-17-7-3-4-8-19(17)15-27-11-13-28(14-12-27)24(29)23-20(18(2)31-26-23)16-30-22-10-6-5-9-21(22)25/h3-10H,11-16H2,1-2H3. The fourth-order valence-corrected chi connectivity index (χ4v) is 3.92. The molecule has 31 heavy (non-hydrogen) atoms. The molecule has 162 valence electrons. The molecule has 0 bridgehead atoms. The van der Waals surface area contributed by atoms with E-state index in [1.54, 1.807) is 19.1 Å². The first-order chi connectivity index (χ1) is 15.0. The quantitative estimate of drug-likeness (QED) is 0.566. The minimum atomic E-state index is -0.120. The summed E-state index contributed by atoms with van der Waals surface area (Å²) in [5, 5.41) is 4.55.